The van der Waals surface area contributed by atoms with Crippen LogP contribution in [-0.2, 0) is 4.79 Å². The van der Waals surface area contributed by atoms with E-state index in [0.717, 1.165) is 30.4 Å². The number of carbonyl (C=O) groups is 1. The second kappa shape index (κ2) is 5.01. The summed E-state index contributed by atoms with van der Waals surface area (Å²) in [6.45, 7) is 3.94. The van der Waals surface area contributed by atoms with Crippen molar-refractivity contribution in [2.75, 3.05) is 0 Å². The number of aliphatic carboxylic acids is 1. The molecule has 0 unspecified atom stereocenters. The molecule has 3 nitrogen and oxygen atoms in total. The van der Waals surface area contributed by atoms with E-state index in [1.54, 1.807) is 0 Å². The van der Waals surface area contributed by atoms with E-state index in [2.05, 4.69) is 0 Å². The van der Waals surface area contributed by atoms with Gasteiger partial charge in [-0.3, -0.25) is 0 Å². The molecule has 0 atom stereocenters. The molecule has 1 aliphatic carbocycles. The lowest BCUT2D eigenvalue weighted by Gasteiger charge is -2.34. The molecule has 1 fully saturated rings. The number of ether oxygens (including phenoxy) is 1. The van der Waals surface area contributed by atoms with Crippen LogP contribution in [0, 0.1) is 13.8 Å². The van der Waals surface area contributed by atoms with Crippen LogP contribution >= 0.6 is 0 Å². The van der Waals surface area contributed by atoms with Crippen molar-refractivity contribution < 1.29 is 14.6 Å². The highest BCUT2D eigenvalue weighted by molar-refractivity contribution is 5.78. The zero-order valence-corrected chi connectivity index (χ0v) is 11.0. The van der Waals surface area contributed by atoms with E-state index in [0.29, 0.717) is 18.6 Å². The minimum atomic E-state index is -1.02. The van der Waals surface area contributed by atoms with Gasteiger partial charge in [0.25, 0.3) is 0 Å². The molecule has 3 heteroatoms. The Kier molecular flexibility index (Phi) is 3.60. The van der Waals surface area contributed by atoms with Crippen molar-refractivity contribution in [2.24, 2.45) is 0 Å². The number of carboxylic acid groups (broad SMARTS) is 1. The standard InChI is InChI=1S/C15H20O3/c1-11-6-7-12(2)13(10-11)18-15(14(16)17)8-4-3-5-9-15/h6-7,10H,3-5,8-9H2,1-2H3,(H,16,17). The molecule has 1 N–H and O–H groups in total. The van der Waals surface area contributed by atoms with E-state index >= 15 is 0 Å². The van der Waals surface area contributed by atoms with E-state index in [1.807, 2.05) is 32.0 Å². The Hall–Kier alpha value is -1.51. The van der Waals surface area contributed by atoms with Crippen LogP contribution in [0.5, 0.6) is 5.75 Å². The molecule has 0 spiro atoms. The zero-order chi connectivity index (χ0) is 13.2. The third kappa shape index (κ3) is 2.50. The average Bonchev–Trinajstić information content (AvgIpc) is 2.35. The Bertz CT molecular complexity index is 445. The molecule has 1 saturated carbocycles. The Labute approximate surface area is 108 Å². The Morgan fingerprint density at radius 2 is 1.89 bits per heavy atom. The van der Waals surface area contributed by atoms with E-state index < -0.39 is 11.6 Å². The van der Waals surface area contributed by atoms with Crippen molar-refractivity contribution in [1.29, 1.82) is 0 Å². The van der Waals surface area contributed by atoms with Crippen molar-refractivity contribution in [2.45, 2.75) is 51.6 Å². The smallest absolute Gasteiger partial charge is 0.348 e. The van der Waals surface area contributed by atoms with Gasteiger partial charge < -0.3 is 9.84 Å². The van der Waals surface area contributed by atoms with Crippen molar-refractivity contribution in [3.63, 3.8) is 0 Å². The number of benzene rings is 1. The topological polar surface area (TPSA) is 46.5 Å². The lowest BCUT2D eigenvalue weighted by atomic mass is 9.84. The van der Waals surface area contributed by atoms with Crippen LogP contribution < -0.4 is 4.74 Å². The quantitative estimate of drug-likeness (QED) is 0.891. The maximum atomic E-state index is 11.6. The molecular weight excluding hydrogens is 228 g/mol. The van der Waals surface area contributed by atoms with Crippen LogP contribution in [0.3, 0.4) is 0 Å². The molecule has 0 amide bonds. The molecule has 0 heterocycles. The second-order valence-electron chi connectivity index (χ2n) is 5.23. The molecule has 2 rings (SSSR count). The van der Waals surface area contributed by atoms with Gasteiger partial charge in [0.2, 0.25) is 5.60 Å². The number of hydrogen-bond acceptors (Lipinski definition) is 2. The molecule has 1 aromatic carbocycles. The van der Waals surface area contributed by atoms with Crippen molar-refractivity contribution in [3.05, 3.63) is 29.3 Å². The molecule has 0 aliphatic heterocycles. The summed E-state index contributed by atoms with van der Waals surface area (Å²) >= 11 is 0. The number of rotatable bonds is 3. The highest BCUT2D eigenvalue weighted by atomic mass is 16.5. The summed E-state index contributed by atoms with van der Waals surface area (Å²) < 4.78 is 5.92. The van der Waals surface area contributed by atoms with Gasteiger partial charge in [-0.1, -0.05) is 18.6 Å². The number of aryl methyl sites for hydroxylation is 2. The first kappa shape index (κ1) is 12.9. The zero-order valence-electron chi connectivity index (χ0n) is 11.0. The van der Waals surface area contributed by atoms with Crippen molar-refractivity contribution in [3.8, 4) is 5.75 Å². The van der Waals surface area contributed by atoms with Gasteiger partial charge in [-0.15, -0.1) is 0 Å². The molecule has 98 valence electrons. The lowest BCUT2D eigenvalue weighted by molar-refractivity contribution is -0.158. The largest absolute Gasteiger partial charge is 0.478 e. The molecule has 0 saturated heterocycles. The van der Waals surface area contributed by atoms with Gasteiger partial charge in [0, 0.05) is 0 Å². The predicted molar refractivity (Wildman–Crippen MR) is 70.0 cm³/mol. The minimum absolute atomic E-state index is 0.607. The molecule has 0 bridgehead atoms. The second-order valence-corrected chi connectivity index (χ2v) is 5.23. The van der Waals surface area contributed by atoms with Gasteiger partial charge in [0.15, 0.2) is 0 Å². The van der Waals surface area contributed by atoms with Gasteiger partial charge >= 0.3 is 5.97 Å². The molecule has 0 radical (unpaired) electrons. The van der Waals surface area contributed by atoms with Crippen LogP contribution in [0.4, 0.5) is 0 Å². The third-order valence-electron chi connectivity index (χ3n) is 3.70. The van der Waals surface area contributed by atoms with Crippen molar-refractivity contribution >= 4 is 5.97 Å². The molecule has 1 aromatic rings. The summed E-state index contributed by atoms with van der Waals surface area (Å²) in [6.07, 6.45) is 4.17. The Balaban J connectivity index is 2.28. The maximum Gasteiger partial charge on any atom is 0.348 e. The summed E-state index contributed by atoms with van der Waals surface area (Å²) in [4.78, 5) is 11.6. The average molecular weight is 248 g/mol. The Morgan fingerprint density at radius 1 is 1.22 bits per heavy atom. The van der Waals surface area contributed by atoms with Gasteiger partial charge in [-0.05, 0) is 56.7 Å². The summed E-state index contributed by atoms with van der Waals surface area (Å²) in [5.41, 5.74) is 1.07. The minimum Gasteiger partial charge on any atom is -0.478 e. The van der Waals surface area contributed by atoms with E-state index in [1.165, 1.54) is 0 Å². The van der Waals surface area contributed by atoms with Crippen LogP contribution in [0.15, 0.2) is 18.2 Å². The van der Waals surface area contributed by atoms with Crippen LogP contribution in [0.25, 0.3) is 0 Å². The predicted octanol–water partition coefficient (Wildman–Crippen LogP) is 3.47. The number of hydrogen-bond donors (Lipinski definition) is 1. The van der Waals surface area contributed by atoms with Gasteiger partial charge in [0.05, 0.1) is 0 Å². The Morgan fingerprint density at radius 3 is 2.50 bits per heavy atom. The van der Waals surface area contributed by atoms with E-state index in [-0.39, 0.29) is 0 Å². The third-order valence-corrected chi connectivity index (χ3v) is 3.70. The fourth-order valence-corrected chi connectivity index (χ4v) is 2.51. The molecule has 0 aromatic heterocycles. The SMILES string of the molecule is Cc1ccc(C)c(OC2(C(=O)O)CCCCC2)c1. The monoisotopic (exact) mass is 248 g/mol. The highest BCUT2D eigenvalue weighted by Crippen LogP contribution is 2.34. The summed E-state index contributed by atoms with van der Waals surface area (Å²) in [5.74, 6) is -0.123. The fourth-order valence-electron chi connectivity index (χ4n) is 2.51. The summed E-state index contributed by atoms with van der Waals surface area (Å²) in [6, 6.07) is 5.91. The first-order valence-electron chi connectivity index (χ1n) is 6.53. The first-order chi connectivity index (χ1) is 8.53. The normalized spacial score (nSPS) is 18.3. The van der Waals surface area contributed by atoms with Gasteiger partial charge in [0.1, 0.15) is 5.75 Å². The lowest BCUT2D eigenvalue weighted by Crippen LogP contribution is -2.46. The molecule has 18 heavy (non-hydrogen) atoms. The number of carboxylic acids is 1. The first-order valence-corrected chi connectivity index (χ1v) is 6.53. The fraction of sp³-hybridized carbons (Fsp3) is 0.533. The van der Waals surface area contributed by atoms with Crippen LogP contribution in [0.1, 0.15) is 43.2 Å². The van der Waals surface area contributed by atoms with Crippen LogP contribution in [0.2, 0.25) is 0 Å². The van der Waals surface area contributed by atoms with Gasteiger partial charge in [-0.25, -0.2) is 4.79 Å². The molecular formula is C15H20O3. The van der Waals surface area contributed by atoms with Crippen LogP contribution in [-0.4, -0.2) is 16.7 Å². The summed E-state index contributed by atoms with van der Waals surface area (Å²) in [7, 11) is 0. The van der Waals surface area contributed by atoms with Crippen molar-refractivity contribution in [1.82, 2.24) is 0 Å². The van der Waals surface area contributed by atoms with Gasteiger partial charge in [-0.2, -0.15) is 0 Å². The van der Waals surface area contributed by atoms with E-state index in [4.69, 9.17) is 4.74 Å². The molecule has 1 aliphatic rings. The van der Waals surface area contributed by atoms with E-state index in [9.17, 15) is 9.90 Å². The summed E-state index contributed by atoms with van der Waals surface area (Å²) in [5, 5.41) is 9.49. The highest BCUT2D eigenvalue weighted by Gasteiger charge is 2.42. The maximum absolute atomic E-state index is 11.6.